The molecule has 0 atom stereocenters. The molecule has 0 saturated heterocycles. The lowest BCUT2D eigenvalue weighted by molar-refractivity contribution is 0.574. The number of benzene rings is 1. The van der Waals surface area contributed by atoms with E-state index in [2.05, 4.69) is 12.0 Å². The van der Waals surface area contributed by atoms with E-state index in [0.717, 1.165) is 30.6 Å². The van der Waals surface area contributed by atoms with Gasteiger partial charge in [0.2, 0.25) is 0 Å². The Balaban J connectivity index is 2.24. The molecule has 84 valence electrons. The minimum absolute atomic E-state index is 0.715. The fraction of sp³-hybridized carbons (Fsp3) is 0.308. The lowest BCUT2D eigenvalue weighted by Gasteiger charge is -2.00. The van der Waals surface area contributed by atoms with Crippen LogP contribution < -0.4 is 0 Å². The number of nitrogens with zero attached hydrogens (tertiary/aromatic N) is 2. The van der Waals surface area contributed by atoms with Gasteiger partial charge in [0.25, 0.3) is 0 Å². The van der Waals surface area contributed by atoms with Gasteiger partial charge in [0.1, 0.15) is 5.15 Å². The van der Waals surface area contributed by atoms with Crippen molar-refractivity contribution < 1.29 is 0 Å². The SMILES string of the molecule is CCCCn1nc(-c2ccccc2)cc1Cl. The van der Waals surface area contributed by atoms with Crippen LogP contribution in [-0.4, -0.2) is 9.78 Å². The number of aryl methyl sites for hydroxylation is 1. The molecule has 1 aromatic heterocycles. The summed E-state index contributed by atoms with van der Waals surface area (Å²) in [5, 5.41) is 5.22. The van der Waals surface area contributed by atoms with Crippen LogP contribution in [0.25, 0.3) is 11.3 Å². The van der Waals surface area contributed by atoms with Crippen LogP contribution in [-0.2, 0) is 6.54 Å². The van der Waals surface area contributed by atoms with E-state index in [-0.39, 0.29) is 0 Å². The van der Waals surface area contributed by atoms with E-state index in [1.54, 1.807) is 0 Å². The predicted molar refractivity (Wildman–Crippen MR) is 67.6 cm³/mol. The smallest absolute Gasteiger partial charge is 0.127 e. The lowest BCUT2D eigenvalue weighted by atomic mass is 10.2. The molecule has 1 heterocycles. The van der Waals surface area contributed by atoms with Gasteiger partial charge in [0, 0.05) is 18.2 Å². The molecular formula is C13H15ClN2. The number of halogens is 1. The molecule has 0 amide bonds. The summed E-state index contributed by atoms with van der Waals surface area (Å²) >= 11 is 6.13. The van der Waals surface area contributed by atoms with Gasteiger partial charge >= 0.3 is 0 Å². The molecule has 1 aromatic carbocycles. The minimum Gasteiger partial charge on any atom is -0.253 e. The monoisotopic (exact) mass is 234 g/mol. The summed E-state index contributed by atoms with van der Waals surface area (Å²) in [4.78, 5) is 0. The average Bonchev–Trinajstić information content (AvgIpc) is 2.69. The predicted octanol–water partition coefficient (Wildman–Crippen LogP) is 4.00. The highest BCUT2D eigenvalue weighted by Gasteiger charge is 2.06. The largest absolute Gasteiger partial charge is 0.253 e. The summed E-state index contributed by atoms with van der Waals surface area (Å²) in [5.41, 5.74) is 2.06. The van der Waals surface area contributed by atoms with Crippen molar-refractivity contribution in [1.29, 1.82) is 0 Å². The van der Waals surface area contributed by atoms with Gasteiger partial charge in [0.15, 0.2) is 0 Å². The van der Waals surface area contributed by atoms with E-state index in [1.807, 2.05) is 41.1 Å². The summed E-state index contributed by atoms with van der Waals surface area (Å²) in [6, 6.07) is 12.0. The first kappa shape index (κ1) is 11.2. The van der Waals surface area contributed by atoms with E-state index >= 15 is 0 Å². The Kier molecular flexibility index (Phi) is 3.62. The second kappa shape index (κ2) is 5.17. The Hall–Kier alpha value is -1.28. The molecule has 16 heavy (non-hydrogen) atoms. The minimum atomic E-state index is 0.715. The molecule has 0 saturated carbocycles. The number of unbranched alkanes of at least 4 members (excludes halogenated alkanes) is 1. The van der Waals surface area contributed by atoms with E-state index in [4.69, 9.17) is 11.6 Å². The van der Waals surface area contributed by atoms with Crippen LogP contribution in [0.15, 0.2) is 36.4 Å². The van der Waals surface area contributed by atoms with Crippen molar-refractivity contribution in [3.8, 4) is 11.3 Å². The van der Waals surface area contributed by atoms with Crippen LogP contribution in [0.3, 0.4) is 0 Å². The molecule has 0 spiro atoms. The van der Waals surface area contributed by atoms with Crippen molar-refractivity contribution in [2.45, 2.75) is 26.3 Å². The molecule has 0 aliphatic rings. The van der Waals surface area contributed by atoms with Gasteiger partial charge in [-0.15, -0.1) is 0 Å². The Morgan fingerprint density at radius 1 is 1.25 bits per heavy atom. The summed E-state index contributed by atoms with van der Waals surface area (Å²) in [6.45, 7) is 3.05. The van der Waals surface area contributed by atoms with Gasteiger partial charge in [-0.2, -0.15) is 5.10 Å². The molecule has 0 bridgehead atoms. The molecule has 2 aromatic rings. The van der Waals surface area contributed by atoms with Crippen molar-refractivity contribution in [3.05, 3.63) is 41.6 Å². The average molecular weight is 235 g/mol. The van der Waals surface area contributed by atoms with E-state index in [9.17, 15) is 0 Å². The van der Waals surface area contributed by atoms with Gasteiger partial charge in [-0.1, -0.05) is 55.3 Å². The van der Waals surface area contributed by atoms with Crippen molar-refractivity contribution in [3.63, 3.8) is 0 Å². The molecule has 3 heteroatoms. The summed E-state index contributed by atoms with van der Waals surface area (Å²) < 4.78 is 1.87. The van der Waals surface area contributed by atoms with Crippen molar-refractivity contribution >= 4 is 11.6 Å². The second-order valence-corrected chi connectivity index (χ2v) is 4.18. The Morgan fingerprint density at radius 3 is 2.69 bits per heavy atom. The molecule has 2 rings (SSSR count). The van der Waals surface area contributed by atoms with Gasteiger partial charge in [-0.05, 0) is 6.42 Å². The third-order valence-corrected chi connectivity index (χ3v) is 2.83. The van der Waals surface area contributed by atoms with E-state index in [1.165, 1.54) is 0 Å². The van der Waals surface area contributed by atoms with Gasteiger partial charge in [-0.25, -0.2) is 0 Å². The first-order valence-electron chi connectivity index (χ1n) is 5.60. The number of rotatable bonds is 4. The van der Waals surface area contributed by atoms with Gasteiger partial charge in [-0.3, -0.25) is 4.68 Å². The molecule has 0 radical (unpaired) electrons. The maximum absolute atomic E-state index is 6.13. The molecular weight excluding hydrogens is 220 g/mol. The highest BCUT2D eigenvalue weighted by molar-refractivity contribution is 6.29. The molecule has 0 fully saturated rings. The third kappa shape index (κ3) is 2.45. The maximum Gasteiger partial charge on any atom is 0.127 e. The normalized spacial score (nSPS) is 10.6. The van der Waals surface area contributed by atoms with Crippen LogP contribution >= 0.6 is 11.6 Å². The summed E-state index contributed by atoms with van der Waals surface area (Å²) in [5.74, 6) is 0. The zero-order valence-corrected chi connectivity index (χ0v) is 10.1. The number of hydrogen-bond donors (Lipinski definition) is 0. The van der Waals surface area contributed by atoms with Crippen LogP contribution in [0.1, 0.15) is 19.8 Å². The topological polar surface area (TPSA) is 17.8 Å². The van der Waals surface area contributed by atoms with Crippen molar-refractivity contribution in [1.82, 2.24) is 9.78 Å². The van der Waals surface area contributed by atoms with Gasteiger partial charge in [0.05, 0.1) is 5.69 Å². The Labute approximate surface area is 101 Å². The third-order valence-electron chi connectivity index (χ3n) is 2.52. The van der Waals surface area contributed by atoms with Gasteiger partial charge < -0.3 is 0 Å². The zero-order valence-electron chi connectivity index (χ0n) is 9.36. The van der Waals surface area contributed by atoms with Crippen LogP contribution in [0.4, 0.5) is 0 Å². The Bertz CT molecular complexity index is 448. The summed E-state index contributed by atoms with van der Waals surface area (Å²) in [6.07, 6.45) is 2.26. The van der Waals surface area contributed by atoms with E-state index in [0.29, 0.717) is 5.15 Å². The van der Waals surface area contributed by atoms with Crippen LogP contribution in [0, 0.1) is 0 Å². The first-order chi connectivity index (χ1) is 7.81. The molecule has 0 aliphatic heterocycles. The highest BCUT2D eigenvalue weighted by Crippen LogP contribution is 2.21. The summed E-state index contributed by atoms with van der Waals surface area (Å²) in [7, 11) is 0. The zero-order chi connectivity index (χ0) is 11.4. The molecule has 0 unspecified atom stereocenters. The number of hydrogen-bond acceptors (Lipinski definition) is 1. The quantitative estimate of drug-likeness (QED) is 0.782. The van der Waals surface area contributed by atoms with E-state index < -0.39 is 0 Å². The fourth-order valence-electron chi connectivity index (χ4n) is 1.61. The maximum atomic E-state index is 6.13. The molecule has 0 aliphatic carbocycles. The first-order valence-corrected chi connectivity index (χ1v) is 5.98. The van der Waals surface area contributed by atoms with Crippen molar-refractivity contribution in [2.24, 2.45) is 0 Å². The second-order valence-electron chi connectivity index (χ2n) is 3.80. The molecule has 0 N–H and O–H groups in total. The number of aromatic nitrogens is 2. The standard InChI is InChI=1S/C13H15ClN2/c1-2-3-9-16-13(14)10-12(15-16)11-7-5-4-6-8-11/h4-8,10H,2-3,9H2,1H3. The Morgan fingerprint density at radius 2 is 2.00 bits per heavy atom. The fourth-order valence-corrected chi connectivity index (χ4v) is 1.83. The highest BCUT2D eigenvalue weighted by atomic mass is 35.5. The van der Waals surface area contributed by atoms with Crippen molar-refractivity contribution in [2.75, 3.05) is 0 Å². The molecule has 2 nitrogen and oxygen atoms in total. The van der Waals surface area contributed by atoms with Crippen LogP contribution in [0.5, 0.6) is 0 Å². The lowest BCUT2D eigenvalue weighted by Crippen LogP contribution is -1.99. The van der Waals surface area contributed by atoms with Crippen LogP contribution in [0.2, 0.25) is 5.15 Å².